The Labute approximate surface area is 138 Å². The maximum Gasteiger partial charge on any atom is 0.337 e. The van der Waals surface area contributed by atoms with Crippen molar-refractivity contribution < 1.29 is 14.3 Å². The highest BCUT2D eigenvalue weighted by Gasteiger charge is 2.15. The molecule has 5 nitrogen and oxygen atoms in total. The highest BCUT2D eigenvalue weighted by atomic mass is 127. The molecule has 3 aromatic rings. The summed E-state index contributed by atoms with van der Waals surface area (Å²) in [5.41, 5.74) is 1.93. The van der Waals surface area contributed by atoms with Gasteiger partial charge >= 0.3 is 5.97 Å². The third-order valence-electron chi connectivity index (χ3n) is 3.30. The zero-order chi connectivity index (χ0) is 15.9. The zero-order valence-corrected chi connectivity index (χ0v) is 13.6. The lowest BCUT2D eigenvalue weighted by molar-refractivity contribution is 0.0698. The smallest absolute Gasteiger partial charge is 0.337 e. The number of carboxylic acids is 1. The van der Waals surface area contributed by atoms with E-state index in [2.05, 4.69) is 10.3 Å². The van der Waals surface area contributed by atoms with Crippen molar-refractivity contribution in [1.29, 1.82) is 0 Å². The molecule has 0 amide bonds. The van der Waals surface area contributed by atoms with Crippen molar-refractivity contribution in [2.75, 3.05) is 5.32 Å². The van der Waals surface area contributed by atoms with Gasteiger partial charge in [-0.15, -0.1) is 0 Å². The van der Waals surface area contributed by atoms with Gasteiger partial charge in [0.2, 0.25) is 0 Å². The van der Waals surface area contributed by atoms with E-state index in [0.29, 0.717) is 16.7 Å². The van der Waals surface area contributed by atoms with Crippen molar-refractivity contribution in [3.05, 3.63) is 51.6 Å². The summed E-state index contributed by atoms with van der Waals surface area (Å²) in [5, 5.41) is 12.2. The fourth-order valence-corrected chi connectivity index (χ4v) is 2.64. The van der Waals surface area contributed by atoms with Gasteiger partial charge in [0.1, 0.15) is 5.82 Å². The number of benzene rings is 2. The van der Waals surface area contributed by atoms with Crippen LogP contribution in [0.2, 0.25) is 0 Å². The van der Waals surface area contributed by atoms with Gasteiger partial charge in [0.15, 0.2) is 0 Å². The van der Waals surface area contributed by atoms with Crippen molar-refractivity contribution in [3.63, 3.8) is 0 Å². The van der Waals surface area contributed by atoms with E-state index in [1.54, 1.807) is 36.1 Å². The van der Waals surface area contributed by atoms with Gasteiger partial charge in [-0.1, -0.05) is 0 Å². The lowest BCUT2D eigenvalue weighted by Gasteiger charge is -2.11. The minimum Gasteiger partial charge on any atom is -0.478 e. The first-order valence-electron chi connectivity index (χ1n) is 6.36. The summed E-state index contributed by atoms with van der Waals surface area (Å²) in [7, 11) is 1.78. The van der Waals surface area contributed by atoms with Gasteiger partial charge < -0.3 is 15.0 Å². The van der Waals surface area contributed by atoms with E-state index in [4.69, 9.17) is 0 Å². The van der Waals surface area contributed by atoms with Gasteiger partial charge in [-0.2, -0.15) is 0 Å². The van der Waals surface area contributed by atoms with Crippen LogP contribution in [0.3, 0.4) is 0 Å². The number of nitrogens with zero attached hydrogens (tertiary/aromatic N) is 2. The molecule has 2 N–H and O–H groups in total. The highest BCUT2D eigenvalue weighted by molar-refractivity contribution is 14.1. The Morgan fingerprint density at radius 3 is 2.77 bits per heavy atom. The summed E-state index contributed by atoms with van der Waals surface area (Å²) >= 11 is 2.01. The zero-order valence-electron chi connectivity index (χ0n) is 11.5. The van der Waals surface area contributed by atoms with Crippen LogP contribution in [0.5, 0.6) is 0 Å². The average molecular weight is 411 g/mol. The molecule has 0 unspecified atom stereocenters. The van der Waals surface area contributed by atoms with E-state index in [0.717, 1.165) is 3.57 Å². The predicted octanol–water partition coefficient (Wildman–Crippen LogP) is 3.76. The molecular formula is C15H11FIN3O2. The maximum atomic E-state index is 14.0. The normalized spacial score (nSPS) is 10.9. The van der Waals surface area contributed by atoms with Crippen LogP contribution in [0.4, 0.5) is 15.8 Å². The monoisotopic (exact) mass is 411 g/mol. The molecule has 3 rings (SSSR count). The van der Waals surface area contributed by atoms with Crippen molar-refractivity contribution >= 4 is 51.0 Å². The molecule has 2 aromatic carbocycles. The summed E-state index contributed by atoms with van der Waals surface area (Å²) in [5.74, 6) is -1.53. The van der Waals surface area contributed by atoms with Gasteiger partial charge in [-0.25, -0.2) is 14.2 Å². The van der Waals surface area contributed by atoms with Crippen LogP contribution in [0.25, 0.3) is 11.0 Å². The topological polar surface area (TPSA) is 67.2 Å². The van der Waals surface area contributed by atoms with Crippen LogP contribution in [0, 0.1) is 9.39 Å². The number of anilines is 2. The third kappa shape index (κ3) is 2.63. The molecule has 0 aliphatic heterocycles. The Balaban J connectivity index is 2.12. The number of fused-ring (bicyclic) bond motifs is 1. The SMILES string of the molecule is Cn1cnc2cc(Nc3ccc(I)cc3F)c(C(=O)O)cc21. The van der Waals surface area contributed by atoms with Crippen molar-refractivity contribution in [3.8, 4) is 0 Å². The first kappa shape index (κ1) is 14.8. The van der Waals surface area contributed by atoms with E-state index in [-0.39, 0.29) is 11.3 Å². The van der Waals surface area contributed by atoms with Crippen LogP contribution in [0.15, 0.2) is 36.7 Å². The number of halogens is 2. The molecule has 22 heavy (non-hydrogen) atoms. The number of carbonyl (C=O) groups is 1. The molecule has 0 spiro atoms. The summed E-state index contributed by atoms with van der Waals surface area (Å²) < 4.78 is 16.4. The third-order valence-corrected chi connectivity index (χ3v) is 3.97. The molecule has 112 valence electrons. The van der Waals surface area contributed by atoms with Gasteiger partial charge in [0.25, 0.3) is 0 Å². The summed E-state index contributed by atoms with van der Waals surface area (Å²) in [6.07, 6.45) is 1.60. The predicted molar refractivity (Wildman–Crippen MR) is 90.1 cm³/mol. The number of imidazole rings is 1. The minimum absolute atomic E-state index is 0.0639. The lowest BCUT2D eigenvalue weighted by Crippen LogP contribution is -2.04. The molecule has 7 heteroatoms. The number of carboxylic acid groups (broad SMARTS) is 1. The van der Waals surface area contributed by atoms with Crippen LogP contribution in [-0.2, 0) is 7.05 Å². The number of aryl methyl sites for hydroxylation is 1. The first-order chi connectivity index (χ1) is 10.5. The molecule has 0 saturated carbocycles. The second kappa shape index (κ2) is 5.56. The average Bonchev–Trinajstić information content (AvgIpc) is 2.82. The van der Waals surface area contributed by atoms with E-state index < -0.39 is 11.8 Å². The molecule has 0 fully saturated rings. The molecular weight excluding hydrogens is 400 g/mol. The van der Waals surface area contributed by atoms with Gasteiger partial charge in [0.05, 0.1) is 34.3 Å². The quantitative estimate of drug-likeness (QED) is 0.645. The van der Waals surface area contributed by atoms with Crippen LogP contribution >= 0.6 is 22.6 Å². The largest absolute Gasteiger partial charge is 0.478 e. The molecule has 0 radical (unpaired) electrons. The Hall–Kier alpha value is -2.16. The van der Waals surface area contributed by atoms with Crippen molar-refractivity contribution in [2.45, 2.75) is 0 Å². The van der Waals surface area contributed by atoms with Crippen LogP contribution in [0.1, 0.15) is 10.4 Å². The second-order valence-corrected chi connectivity index (χ2v) is 6.04. The minimum atomic E-state index is -1.09. The Kier molecular flexibility index (Phi) is 3.73. The molecule has 1 aromatic heterocycles. The molecule has 0 atom stereocenters. The number of aromatic carboxylic acids is 1. The molecule has 0 aliphatic carbocycles. The molecule has 0 saturated heterocycles. The van der Waals surface area contributed by atoms with Crippen LogP contribution in [-0.4, -0.2) is 20.6 Å². The van der Waals surface area contributed by atoms with E-state index in [1.807, 2.05) is 22.6 Å². The number of nitrogens with one attached hydrogen (secondary N) is 1. The Bertz CT molecular complexity index is 892. The van der Waals surface area contributed by atoms with E-state index in [1.165, 1.54) is 12.1 Å². The first-order valence-corrected chi connectivity index (χ1v) is 7.44. The fraction of sp³-hybridized carbons (Fsp3) is 0.0667. The van der Waals surface area contributed by atoms with Gasteiger partial charge in [-0.05, 0) is 52.9 Å². The summed E-state index contributed by atoms with van der Waals surface area (Å²) in [6, 6.07) is 7.83. The second-order valence-electron chi connectivity index (χ2n) is 4.80. The fourth-order valence-electron chi connectivity index (χ4n) is 2.19. The Morgan fingerprint density at radius 2 is 2.09 bits per heavy atom. The van der Waals surface area contributed by atoms with Crippen molar-refractivity contribution in [1.82, 2.24) is 9.55 Å². The molecule has 0 aliphatic rings. The number of hydrogen-bond donors (Lipinski definition) is 2. The van der Waals surface area contributed by atoms with Crippen molar-refractivity contribution in [2.24, 2.45) is 7.05 Å². The number of hydrogen-bond acceptors (Lipinski definition) is 3. The lowest BCUT2D eigenvalue weighted by atomic mass is 10.1. The number of aromatic nitrogens is 2. The van der Waals surface area contributed by atoms with Gasteiger partial charge in [-0.3, -0.25) is 0 Å². The summed E-state index contributed by atoms with van der Waals surface area (Å²) in [4.78, 5) is 15.7. The standard InChI is InChI=1S/C15H11FIN3O2/c1-20-7-18-13-6-12(9(15(21)22)5-14(13)20)19-11-3-2-8(17)4-10(11)16/h2-7,19H,1H3,(H,21,22). The maximum absolute atomic E-state index is 14.0. The summed E-state index contributed by atoms with van der Waals surface area (Å²) in [6.45, 7) is 0. The highest BCUT2D eigenvalue weighted by Crippen LogP contribution is 2.28. The van der Waals surface area contributed by atoms with Crippen LogP contribution < -0.4 is 5.32 Å². The van der Waals surface area contributed by atoms with E-state index in [9.17, 15) is 14.3 Å². The molecule has 0 bridgehead atoms. The Morgan fingerprint density at radius 1 is 1.32 bits per heavy atom. The molecule has 1 heterocycles. The number of rotatable bonds is 3. The van der Waals surface area contributed by atoms with Gasteiger partial charge in [0, 0.05) is 10.6 Å². The van der Waals surface area contributed by atoms with E-state index >= 15 is 0 Å².